The maximum atomic E-state index is 5.16. The molecule has 0 aromatic heterocycles. The van der Waals surface area contributed by atoms with Crippen LogP contribution >= 0.6 is 0 Å². The Morgan fingerprint density at radius 2 is 1.93 bits per heavy atom. The summed E-state index contributed by atoms with van der Waals surface area (Å²) < 4.78 is 5.16. The SMILES string of the molecule is C=[C]c1cc(OC)ccc1C(C)(C)C. The lowest BCUT2D eigenvalue weighted by Crippen LogP contribution is -2.13. The van der Waals surface area contributed by atoms with E-state index in [-0.39, 0.29) is 5.41 Å². The summed E-state index contributed by atoms with van der Waals surface area (Å²) in [6, 6.07) is 6.02. The Balaban J connectivity index is 3.25. The van der Waals surface area contributed by atoms with E-state index in [1.807, 2.05) is 12.1 Å². The monoisotopic (exact) mass is 189 g/mol. The van der Waals surface area contributed by atoms with Gasteiger partial charge in [0.25, 0.3) is 0 Å². The molecule has 0 heterocycles. The average molecular weight is 189 g/mol. The summed E-state index contributed by atoms with van der Waals surface area (Å²) in [5.41, 5.74) is 2.39. The number of benzene rings is 1. The van der Waals surface area contributed by atoms with Gasteiger partial charge < -0.3 is 4.74 Å². The highest BCUT2D eigenvalue weighted by atomic mass is 16.5. The molecule has 0 aliphatic rings. The molecule has 0 saturated carbocycles. The van der Waals surface area contributed by atoms with Crippen LogP contribution in [0.2, 0.25) is 0 Å². The molecule has 0 unspecified atom stereocenters. The van der Waals surface area contributed by atoms with Gasteiger partial charge in [0.05, 0.1) is 7.11 Å². The number of hydrogen-bond donors (Lipinski definition) is 0. The molecule has 0 aliphatic carbocycles. The molecule has 14 heavy (non-hydrogen) atoms. The minimum Gasteiger partial charge on any atom is -0.497 e. The molecule has 0 bridgehead atoms. The third-order valence-electron chi connectivity index (χ3n) is 2.23. The van der Waals surface area contributed by atoms with Gasteiger partial charge in [0.1, 0.15) is 5.75 Å². The fourth-order valence-corrected chi connectivity index (χ4v) is 1.45. The summed E-state index contributed by atoms with van der Waals surface area (Å²) in [7, 11) is 1.67. The van der Waals surface area contributed by atoms with Crippen molar-refractivity contribution < 1.29 is 4.74 Å². The molecule has 1 aromatic rings. The lowest BCUT2D eigenvalue weighted by molar-refractivity contribution is 0.414. The van der Waals surface area contributed by atoms with Gasteiger partial charge in [-0.05, 0) is 34.8 Å². The van der Waals surface area contributed by atoms with E-state index in [0.717, 1.165) is 11.3 Å². The molecular formula is C13H17O. The van der Waals surface area contributed by atoms with E-state index >= 15 is 0 Å². The molecule has 0 N–H and O–H groups in total. The van der Waals surface area contributed by atoms with Crippen LogP contribution < -0.4 is 4.74 Å². The van der Waals surface area contributed by atoms with Crippen LogP contribution in [0.5, 0.6) is 5.75 Å². The standard InChI is InChI=1S/C13H17O/c1-6-10-9-11(14-5)7-8-12(10)13(2,3)4/h7-9H,1H2,2-5H3. The molecule has 0 amide bonds. The van der Waals surface area contributed by atoms with Gasteiger partial charge >= 0.3 is 0 Å². The first kappa shape index (κ1) is 10.8. The zero-order valence-electron chi connectivity index (χ0n) is 9.35. The summed E-state index contributed by atoms with van der Waals surface area (Å²) in [4.78, 5) is 0. The van der Waals surface area contributed by atoms with Gasteiger partial charge in [-0.1, -0.05) is 33.4 Å². The molecule has 1 heteroatoms. The van der Waals surface area contributed by atoms with Gasteiger partial charge in [0.2, 0.25) is 0 Å². The Kier molecular flexibility index (Phi) is 3.00. The summed E-state index contributed by atoms with van der Waals surface area (Å²) >= 11 is 0. The largest absolute Gasteiger partial charge is 0.497 e. The van der Waals surface area contributed by atoms with Crippen molar-refractivity contribution in [3.05, 3.63) is 42.0 Å². The van der Waals surface area contributed by atoms with Gasteiger partial charge in [-0.2, -0.15) is 0 Å². The molecule has 0 aliphatic heterocycles. The van der Waals surface area contributed by atoms with E-state index in [1.165, 1.54) is 5.56 Å². The Bertz CT molecular complexity index is 332. The van der Waals surface area contributed by atoms with Crippen molar-refractivity contribution in [2.24, 2.45) is 0 Å². The van der Waals surface area contributed by atoms with Gasteiger partial charge in [-0.3, -0.25) is 0 Å². The third kappa shape index (κ3) is 2.16. The van der Waals surface area contributed by atoms with Crippen molar-refractivity contribution in [3.8, 4) is 5.75 Å². The Morgan fingerprint density at radius 3 is 2.36 bits per heavy atom. The zero-order valence-corrected chi connectivity index (χ0v) is 9.35. The van der Waals surface area contributed by atoms with Crippen LogP contribution in [0.3, 0.4) is 0 Å². The van der Waals surface area contributed by atoms with Crippen LogP contribution in [0.15, 0.2) is 24.8 Å². The van der Waals surface area contributed by atoms with E-state index < -0.39 is 0 Å². The van der Waals surface area contributed by atoms with Crippen LogP contribution in [0.4, 0.5) is 0 Å². The van der Waals surface area contributed by atoms with Crippen molar-refractivity contribution >= 4 is 0 Å². The maximum Gasteiger partial charge on any atom is 0.119 e. The van der Waals surface area contributed by atoms with E-state index in [1.54, 1.807) is 7.11 Å². The van der Waals surface area contributed by atoms with Crippen molar-refractivity contribution in [2.75, 3.05) is 7.11 Å². The van der Waals surface area contributed by atoms with Crippen molar-refractivity contribution in [3.63, 3.8) is 0 Å². The van der Waals surface area contributed by atoms with Crippen LogP contribution in [0.25, 0.3) is 0 Å². The Labute approximate surface area is 86.4 Å². The first-order chi connectivity index (χ1) is 6.49. The second kappa shape index (κ2) is 3.87. The van der Waals surface area contributed by atoms with Crippen LogP contribution in [-0.4, -0.2) is 7.11 Å². The molecule has 75 valence electrons. The second-order valence-electron chi connectivity index (χ2n) is 4.34. The van der Waals surface area contributed by atoms with Crippen molar-refractivity contribution in [1.29, 1.82) is 0 Å². The summed E-state index contributed by atoms with van der Waals surface area (Å²) in [6.45, 7) is 10.2. The molecule has 1 rings (SSSR count). The third-order valence-corrected chi connectivity index (χ3v) is 2.23. The quantitative estimate of drug-likeness (QED) is 0.693. The molecule has 0 saturated heterocycles. The molecule has 0 atom stereocenters. The molecule has 1 nitrogen and oxygen atoms in total. The first-order valence-corrected chi connectivity index (χ1v) is 4.70. The molecule has 1 aromatic carbocycles. The minimum atomic E-state index is 0.117. The topological polar surface area (TPSA) is 9.23 Å². The average Bonchev–Trinajstić information content (AvgIpc) is 2.15. The highest BCUT2D eigenvalue weighted by Gasteiger charge is 2.16. The number of methoxy groups -OCH3 is 1. The van der Waals surface area contributed by atoms with E-state index in [0.29, 0.717) is 0 Å². The Morgan fingerprint density at radius 1 is 1.29 bits per heavy atom. The smallest absolute Gasteiger partial charge is 0.119 e. The van der Waals surface area contributed by atoms with E-state index in [4.69, 9.17) is 4.74 Å². The van der Waals surface area contributed by atoms with Crippen LogP contribution in [0, 0.1) is 6.08 Å². The van der Waals surface area contributed by atoms with Gasteiger partial charge in [0.15, 0.2) is 0 Å². The predicted molar refractivity (Wildman–Crippen MR) is 59.7 cm³/mol. The van der Waals surface area contributed by atoms with E-state index in [2.05, 4.69) is 39.5 Å². The predicted octanol–water partition coefficient (Wildman–Crippen LogP) is 3.33. The first-order valence-electron chi connectivity index (χ1n) is 4.70. The van der Waals surface area contributed by atoms with Gasteiger partial charge in [-0.25, -0.2) is 0 Å². The van der Waals surface area contributed by atoms with Gasteiger partial charge in [-0.15, -0.1) is 0 Å². The van der Waals surface area contributed by atoms with Crippen LogP contribution in [-0.2, 0) is 5.41 Å². The molecule has 1 radical (unpaired) electrons. The highest BCUT2D eigenvalue weighted by molar-refractivity contribution is 5.42. The molecular weight excluding hydrogens is 172 g/mol. The van der Waals surface area contributed by atoms with Crippen molar-refractivity contribution in [2.45, 2.75) is 26.2 Å². The lowest BCUT2D eigenvalue weighted by Gasteiger charge is -2.21. The number of hydrogen-bond acceptors (Lipinski definition) is 1. The fraction of sp³-hybridized carbons (Fsp3) is 0.385. The van der Waals surface area contributed by atoms with Gasteiger partial charge in [0, 0.05) is 0 Å². The summed E-state index contributed by atoms with van der Waals surface area (Å²) in [5.74, 6) is 0.851. The highest BCUT2D eigenvalue weighted by Crippen LogP contribution is 2.28. The molecule has 0 spiro atoms. The summed E-state index contributed by atoms with van der Waals surface area (Å²) in [5, 5.41) is 0. The number of rotatable bonds is 2. The zero-order chi connectivity index (χ0) is 10.8. The normalized spacial score (nSPS) is 11.1. The lowest BCUT2D eigenvalue weighted by atomic mass is 9.84. The second-order valence-corrected chi connectivity index (χ2v) is 4.34. The minimum absolute atomic E-state index is 0.117. The van der Waals surface area contributed by atoms with E-state index in [9.17, 15) is 0 Å². The van der Waals surface area contributed by atoms with Crippen LogP contribution in [0.1, 0.15) is 31.9 Å². The summed E-state index contributed by atoms with van der Waals surface area (Å²) in [6.07, 6.45) is 2.95. The number of ether oxygens (including phenoxy) is 1. The fourth-order valence-electron chi connectivity index (χ4n) is 1.45. The maximum absolute atomic E-state index is 5.16. The Hall–Kier alpha value is -1.24. The molecule has 0 fully saturated rings. The van der Waals surface area contributed by atoms with Crippen molar-refractivity contribution in [1.82, 2.24) is 0 Å².